The number of aromatic nitrogens is 2. The first-order chi connectivity index (χ1) is 7.50. The van der Waals surface area contributed by atoms with Crippen molar-refractivity contribution in [3.05, 3.63) is 9.77 Å². The zero-order chi connectivity index (χ0) is 11.8. The lowest BCUT2D eigenvalue weighted by Gasteiger charge is -2.28. The van der Waals surface area contributed by atoms with Crippen LogP contribution in [0.1, 0.15) is 25.5 Å². The maximum Gasteiger partial charge on any atom is 0.150 e. The Morgan fingerprint density at radius 3 is 2.75 bits per heavy atom. The summed E-state index contributed by atoms with van der Waals surface area (Å²) in [4.78, 5) is 0. The zero-order valence-electron chi connectivity index (χ0n) is 10.2. The van der Waals surface area contributed by atoms with E-state index in [0.717, 1.165) is 13.0 Å². The molecule has 1 saturated heterocycles. The summed E-state index contributed by atoms with van der Waals surface area (Å²) in [6.45, 7) is 7.98. The number of hydrogen-bond acceptors (Lipinski definition) is 2. The van der Waals surface area contributed by atoms with Crippen molar-refractivity contribution in [2.24, 2.45) is 0 Å². The lowest BCUT2D eigenvalue weighted by molar-refractivity contribution is -0.0376. The van der Waals surface area contributed by atoms with Crippen molar-refractivity contribution >= 4 is 36.0 Å². The van der Waals surface area contributed by atoms with Crippen molar-refractivity contribution in [1.82, 2.24) is 9.78 Å². The maximum atomic E-state index is 5.83. The van der Waals surface area contributed by atoms with E-state index in [4.69, 9.17) is 4.74 Å². The maximum absolute atomic E-state index is 5.83. The van der Waals surface area contributed by atoms with Gasteiger partial charge in [0.15, 0.2) is 0 Å². The van der Waals surface area contributed by atoms with Crippen molar-refractivity contribution in [3.63, 3.8) is 0 Å². The highest BCUT2D eigenvalue weighted by Crippen LogP contribution is 2.23. The van der Waals surface area contributed by atoms with Gasteiger partial charge in [0.25, 0.3) is 0 Å². The molecular weight excluding hydrogens is 331 g/mol. The fourth-order valence-corrected chi connectivity index (χ4v) is 6.65. The Kier molecular flexibility index (Phi) is 3.75. The molecule has 1 aliphatic heterocycles. The predicted molar refractivity (Wildman–Crippen MR) is 76.8 cm³/mol. The van der Waals surface area contributed by atoms with Crippen LogP contribution in [0.25, 0.3) is 0 Å². The van der Waals surface area contributed by atoms with E-state index in [1.54, 1.807) is 0 Å². The Balaban J connectivity index is 2.33. The molecule has 3 nitrogen and oxygen atoms in total. The molecule has 0 N–H and O–H groups in total. The quantitative estimate of drug-likeness (QED) is 0.606. The molecule has 16 heavy (non-hydrogen) atoms. The average Bonchev–Trinajstić information content (AvgIpc) is 2.61. The molecule has 0 amide bonds. The summed E-state index contributed by atoms with van der Waals surface area (Å²) >= 11 is 2.40. The van der Waals surface area contributed by atoms with Crippen molar-refractivity contribution in [1.29, 1.82) is 0 Å². The Hall–Kier alpha value is 0.117. The number of ether oxygens (including phenoxy) is 1. The Bertz CT molecular complexity index is 367. The van der Waals surface area contributed by atoms with Gasteiger partial charge < -0.3 is 4.74 Å². The van der Waals surface area contributed by atoms with E-state index in [0.29, 0.717) is 0 Å². The van der Waals surface area contributed by atoms with E-state index in [9.17, 15) is 0 Å². The Labute approximate surface area is 112 Å². The van der Waals surface area contributed by atoms with E-state index < -0.39 is 8.07 Å². The first kappa shape index (κ1) is 12.6. The van der Waals surface area contributed by atoms with Gasteiger partial charge in [0.2, 0.25) is 0 Å². The monoisotopic (exact) mass is 350 g/mol. The number of halogens is 1. The molecule has 0 saturated carbocycles. The van der Waals surface area contributed by atoms with Gasteiger partial charge in [-0.2, -0.15) is 5.10 Å². The summed E-state index contributed by atoms with van der Waals surface area (Å²) in [5, 5.41) is 5.96. The molecule has 0 spiro atoms. The molecule has 0 aliphatic carbocycles. The summed E-state index contributed by atoms with van der Waals surface area (Å²) < 4.78 is 9.28. The van der Waals surface area contributed by atoms with Crippen LogP contribution in [0.5, 0.6) is 0 Å². The van der Waals surface area contributed by atoms with Crippen LogP contribution in [0.3, 0.4) is 0 Å². The van der Waals surface area contributed by atoms with Gasteiger partial charge in [-0.3, -0.25) is 0 Å². The molecule has 2 rings (SSSR count). The van der Waals surface area contributed by atoms with Crippen LogP contribution in [0.4, 0.5) is 0 Å². The molecule has 1 unspecified atom stereocenters. The molecule has 5 heteroatoms. The first-order valence-electron chi connectivity index (χ1n) is 5.85. The predicted octanol–water partition coefficient (Wildman–Crippen LogP) is 2.73. The summed E-state index contributed by atoms with van der Waals surface area (Å²) in [6, 6.07) is 0. The van der Waals surface area contributed by atoms with Crippen LogP contribution in [0.2, 0.25) is 19.6 Å². The topological polar surface area (TPSA) is 27.1 Å². The van der Waals surface area contributed by atoms with E-state index in [2.05, 4.69) is 52.0 Å². The molecule has 90 valence electrons. The fraction of sp³-hybridized carbons (Fsp3) is 0.727. The number of hydrogen-bond donors (Lipinski definition) is 0. The summed E-state index contributed by atoms with van der Waals surface area (Å²) in [6.07, 6.45) is 5.71. The highest BCUT2D eigenvalue weighted by Gasteiger charge is 2.29. The third kappa shape index (κ3) is 2.51. The summed E-state index contributed by atoms with van der Waals surface area (Å²) in [5.74, 6) is 0. The molecule has 2 heterocycles. The third-order valence-corrected chi connectivity index (χ3v) is 6.11. The van der Waals surface area contributed by atoms with Crippen LogP contribution >= 0.6 is 22.6 Å². The van der Waals surface area contributed by atoms with Crippen LogP contribution in [-0.2, 0) is 4.74 Å². The molecule has 1 aliphatic rings. The molecular formula is C11H19IN2OSi. The SMILES string of the molecule is C[Si](C)(C)c1c(I)cnn1C1CCCCO1. The Morgan fingerprint density at radius 2 is 2.19 bits per heavy atom. The minimum Gasteiger partial charge on any atom is -0.357 e. The zero-order valence-corrected chi connectivity index (χ0v) is 13.3. The van der Waals surface area contributed by atoms with Gasteiger partial charge in [-0.15, -0.1) is 0 Å². The fourth-order valence-electron chi connectivity index (χ4n) is 2.18. The average molecular weight is 350 g/mol. The van der Waals surface area contributed by atoms with Gasteiger partial charge in [-0.05, 0) is 41.9 Å². The highest BCUT2D eigenvalue weighted by molar-refractivity contribution is 14.1. The Morgan fingerprint density at radius 1 is 1.44 bits per heavy atom. The molecule has 0 aromatic carbocycles. The largest absolute Gasteiger partial charge is 0.357 e. The second-order valence-corrected chi connectivity index (χ2v) is 11.5. The van der Waals surface area contributed by atoms with Crippen LogP contribution < -0.4 is 5.32 Å². The normalized spacial score (nSPS) is 22.4. The first-order valence-corrected chi connectivity index (χ1v) is 10.4. The van der Waals surface area contributed by atoms with Gasteiger partial charge >= 0.3 is 0 Å². The van der Waals surface area contributed by atoms with Gasteiger partial charge in [0.1, 0.15) is 14.3 Å². The highest BCUT2D eigenvalue weighted by atomic mass is 127. The van der Waals surface area contributed by atoms with Crippen LogP contribution in [-0.4, -0.2) is 24.5 Å². The second-order valence-electron chi connectivity index (χ2n) is 5.36. The van der Waals surface area contributed by atoms with Crippen molar-refractivity contribution in [3.8, 4) is 0 Å². The van der Waals surface area contributed by atoms with Crippen molar-refractivity contribution in [2.75, 3.05) is 6.61 Å². The lowest BCUT2D eigenvalue weighted by Crippen LogP contribution is -2.46. The van der Waals surface area contributed by atoms with E-state index in [-0.39, 0.29) is 6.23 Å². The minimum atomic E-state index is -1.34. The van der Waals surface area contributed by atoms with Crippen LogP contribution in [0, 0.1) is 3.57 Å². The van der Waals surface area contributed by atoms with Gasteiger partial charge in [-0.25, -0.2) is 4.68 Å². The van der Waals surface area contributed by atoms with E-state index in [1.807, 2.05) is 6.20 Å². The second kappa shape index (κ2) is 4.78. The standard InChI is InChI=1S/C11H19IN2OSi/c1-16(2,3)11-9(12)8-13-14(11)10-6-4-5-7-15-10/h8,10H,4-7H2,1-3H3. The molecule has 1 fully saturated rings. The van der Waals surface area contributed by atoms with Crippen molar-refractivity contribution in [2.45, 2.75) is 45.1 Å². The molecule has 1 aromatic heterocycles. The van der Waals surface area contributed by atoms with Gasteiger partial charge in [0, 0.05) is 15.5 Å². The van der Waals surface area contributed by atoms with Crippen molar-refractivity contribution < 1.29 is 4.74 Å². The van der Waals surface area contributed by atoms with Gasteiger partial charge in [-0.1, -0.05) is 19.6 Å². The lowest BCUT2D eigenvalue weighted by atomic mass is 10.2. The molecule has 1 atom stereocenters. The molecule has 0 radical (unpaired) electrons. The number of rotatable bonds is 2. The van der Waals surface area contributed by atoms with Gasteiger partial charge in [0.05, 0.1) is 6.20 Å². The molecule has 0 bridgehead atoms. The third-order valence-electron chi connectivity index (χ3n) is 2.89. The summed E-state index contributed by atoms with van der Waals surface area (Å²) in [7, 11) is -1.34. The van der Waals surface area contributed by atoms with E-state index >= 15 is 0 Å². The number of nitrogens with zero attached hydrogens (tertiary/aromatic N) is 2. The van der Waals surface area contributed by atoms with Crippen LogP contribution in [0.15, 0.2) is 6.20 Å². The molecule has 1 aromatic rings. The minimum absolute atomic E-state index is 0.180. The summed E-state index contributed by atoms with van der Waals surface area (Å²) in [5.41, 5.74) is 0. The van der Waals surface area contributed by atoms with E-state index in [1.165, 1.54) is 21.7 Å². The smallest absolute Gasteiger partial charge is 0.150 e.